The summed E-state index contributed by atoms with van der Waals surface area (Å²) in [5.41, 5.74) is 2.89. The van der Waals surface area contributed by atoms with Gasteiger partial charge in [0, 0.05) is 12.6 Å². The predicted octanol–water partition coefficient (Wildman–Crippen LogP) is 2.33. The number of aromatic hydroxyl groups is 1. The molecule has 0 amide bonds. The van der Waals surface area contributed by atoms with Crippen LogP contribution in [0.1, 0.15) is 17.0 Å². The molecule has 1 N–H and O–H groups in total. The monoisotopic (exact) mass is 239 g/mol. The number of aromatic nitrogens is 3. The minimum atomic E-state index is 0.153. The fourth-order valence-corrected chi connectivity index (χ4v) is 2.02. The van der Waals surface area contributed by atoms with Crippen LogP contribution >= 0.6 is 0 Å². The summed E-state index contributed by atoms with van der Waals surface area (Å²) in [7, 11) is 0. The zero-order valence-electron chi connectivity index (χ0n) is 10.0. The molecule has 2 aromatic heterocycles. The summed E-state index contributed by atoms with van der Waals surface area (Å²) in [5.74, 6) is 0.864. The second-order valence-electron chi connectivity index (χ2n) is 4.36. The lowest BCUT2D eigenvalue weighted by atomic mass is 10.1. The summed E-state index contributed by atoms with van der Waals surface area (Å²) >= 11 is 0. The highest BCUT2D eigenvalue weighted by atomic mass is 16.3. The number of nitrogens with zero attached hydrogens (tertiary/aromatic N) is 3. The third kappa shape index (κ3) is 1.93. The van der Waals surface area contributed by atoms with Crippen LogP contribution in [0.3, 0.4) is 0 Å². The van der Waals surface area contributed by atoms with Gasteiger partial charge in [-0.1, -0.05) is 29.8 Å². The van der Waals surface area contributed by atoms with E-state index >= 15 is 0 Å². The van der Waals surface area contributed by atoms with Crippen LogP contribution in [-0.4, -0.2) is 19.7 Å². The van der Waals surface area contributed by atoms with Gasteiger partial charge in [-0.2, -0.15) is 5.10 Å². The summed E-state index contributed by atoms with van der Waals surface area (Å²) in [6.45, 7) is 2.06. The maximum atomic E-state index is 9.67. The number of hydrogen-bond acceptors (Lipinski definition) is 3. The molecule has 0 unspecified atom stereocenters. The molecule has 0 fully saturated rings. The van der Waals surface area contributed by atoms with Gasteiger partial charge in [-0.25, -0.2) is 9.50 Å². The Morgan fingerprint density at radius 3 is 2.89 bits per heavy atom. The Bertz CT molecular complexity index is 703. The fourth-order valence-electron chi connectivity index (χ4n) is 2.02. The lowest BCUT2D eigenvalue weighted by Gasteiger charge is -1.98. The van der Waals surface area contributed by atoms with Gasteiger partial charge < -0.3 is 5.11 Å². The van der Waals surface area contributed by atoms with Gasteiger partial charge in [-0.05, 0) is 24.6 Å². The molecule has 0 aliphatic carbocycles. The number of hydrogen-bond donors (Lipinski definition) is 1. The summed E-state index contributed by atoms with van der Waals surface area (Å²) in [5, 5.41) is 14.0. The molecule has 0 atom stereocenters. The highest BCUT2D eigenvalue weighted by molar-refractivity contribution is 5.51. The maximum absolute atomic E-state index is 9.67. The summed E-state index contributed by atoms with van der Waals surface area (Å²) in [6.07, 6.45) is 2.45. The van der Waals surface area contributed by atoms with Crippen LogP contribution < -0.4 is 0 Å². The lowest BCUT2D eigenvalue weighted by molar-refractivity contribution is 0.477. The van der Waals surface area contributed by atoms with Gasteiger partial charge in [0.25, 0.3) is 0 Å². The third-order valence-electron chi connectivity index (χ3n) is 2.83. The largest absolute Gasteiger partial charge is 0.504 e. The summed E-state index contributed by atoms with van der Waals surface area (Å²) in [4.78, 5) is 4.34. The first-order chi connectivity index (χ1) is 8.72. The van der Waals surface area contributed by atoms with Crippen LogP contribution in [0.5, 0.6) is 5.75 Å². The molecule has 3 rings (SSSR count). The number of fused-ring (bicyclic) bond motifs is 1. The fraction of sp³-hybridized carbons (Fsp3) is 0.143. The van der Waals surface area contributed by atoms with E-state index in [-0.39, 0.29) is 5.75 Å². The molecular formula is C14H13N3O. The quantitative estimate of drug-likeness (QED) is 0.746. The molecule has 0 saturated carbocycles. The molecule has 3 aromatic rings. The van der Waals surface area contributed by atoms with Gasteiger partial charge in [0.05, 0.1) is 0 Å². The highest BCUT2D eigenvalue weighted by Crippen LogP contribution is 2.16. The normalized spacial score (nSPS) is 10.9. The van der Waals surface area contributed by atoms with E-state index in [1.807, 2.05) is 6.07 Å². The Morgan fingerprint density at radius 1 is 1.22 bits per heavy atom. The van der Waals surface area contributed by atoms with E-state index in [0.717, 1.165) is 0 Å². The summed E-state index contributed by atoms with van der Waals surface area (Å²) < 4.78 is 1.60. The van der Waals surface area contributed by atoms with Crippen LogP contribution in [0.4, 0.5) is 0 Å². The third-order valence-corrected chi connectivity index (χ3v) is 2.83. The summed E-state index contributed by atoms with van der Waals surface area (Å²) in [6, 6.07) is 11.6. The van der Waals surface area contributed by atoms with Crippen molar-refractivity contribution >= 4 is 5.65 Å². The Labute approximate surface area is 105 Å². The molecule has 0 bridgehead atoms. The molecule has 4 heteroatoms. The molecule has 18 heavy (non-hydrogen) atoms. The van der Waals surface area contributed by atoms with Crippen molar-refractivity contribution in [1.29, 1.82) is 0 Å². The first-order valence-electron chi connectivity index (χ1n) is 5.81. The van der Waals surface area contributed by atoms with Crippen LogP contribution in [0.2, 0.25) is 0 Å². The lowest BCUT2D eigenvalue weighted by Crippen LogP contribution is -1.92. The molecule has 0 saturated heterocycles. The van der Waals surface area contributed by atoms with E-state index < -0.39 is 0 Å². The van der Waals surface area contributed by atoms with Gasteiger partial charge in [-0.15, -0.1) is 0 Å². The van der Waals surface area contributed by atoms with Crippen LogP contribution in [0, 0.1) is 6.92 Å². The van der Waals surface area contributed by atoms with Crippen molar-refractivity contribution < 1.29 is 5.11 Å². The second kappa shape index (κ2) is 4.14. The minimum absolute atomic E-state index is 0.153. The van der Waals surface area contributed by atoms with Gasteiger partial charge >= 0.3 is 0 Å². The average Bonchev–Trinajstić information content (AvgIpc) is 2.73. The van der Waals surface area contributed by atoms with Crippen LogP contribution in [0.15, 0.2) is 42.6 Å². The van der Waals surface area contributed by atoms with Crippen molar-refractivity contribution in [2.24, 2.45) is 0 Å². The van der Waals surface area contributed by atoms with Crippen molar-refractivity contribution in [3.8, 4) is 5.75 Å². The molecule has 0 aliphatic rings. The number of pyridine rings is 1. The van der Waals surface area contributed by atoms with E-state index in [1.54, 1.807) is 22.8 Å². The van der Waals surface area contributed by atoms with E-state index in [4.69, 9.17) is 0 Å². The van der Waals surface area contributed by atoms with Crippen molar-refractivity contribution in [2.45, 2.75) is 13.3 Å². The van der Waals surface area contributed by atoms with Gasteiger partial charge in [0.2, 0.25) is 0 Å². The van der Waals surface area contributed by atoms with Crippen LogP contribution in [0.25, 0.3) is 5.65 Å². The van der Waals surface area contributed by atoms with Gasteiger partial charge in [-0.3, -0.25) is 0 Å². The van der Waals surface area contributed by atoms with Gasteiger partial charge in [0.15, 0.2) is 17.2 Å². The van der Waals surface area contributed by atoms with E-state index in [9.17, 15) is 5.11 Å². The van der Waals surface area contributed by atoms with Crippen molar-refractivity contribution in [1.82, 2.24) is 14.6 Å². The van der Waals surface area contributed by atoms with E-state index in [1.165, 1.54) is 11.1 Å². The topological polar surface area (TPSA) is 50.4 Å². The molecule has 2 heterocycles. The average molecular weight is 239 g/mol. The zero-order valence-corrected chi connectivity index (χ0v) is 10.0. The molecule has 0 spiro atoms. The molecule has 1 aromatic carbocycles. The Morgan fingerprint density at radius 2 is 2.11 bits per heavy atom. The SMILES string of the molecule is Cc1cccc(Cc2nc3c(O)cccn3n2)c1. The first kappa shape index (κ1) is 10.8. The number of aryl methyl sites for hydroxylation is 1. The molecular weight excluding hydrogens is 226 g/mol. The number of benzene rings is 1. The molecule has 0 aliphatic heterocycles. The highest BCUT2D eigenvalue weighted by Gasteiger charge is 2.07. The predicted molar refractivity (Wildman–Crippen MR) is 68.6 cm³/mol. The molecule has 90 valence electrons. The second-order valence-corrected chi connectivity index (χ2v) is 4.36. The van der Waals surface area contributed by atoms with Crippen molar-refractivity contribution in [3.63, 3.8) is 0 Å². The zero-order chi connectivity index (χ0) is 12.5. The first-order valence-corrected chi connectivity index (χ1v) is 5.81. The minimum Gasteiger partial charge on any atom is -0.504 e. The van der Waals surface area contributed by atoms with Crippen LogP contribution in [-0.2, 0) is 6.42 Å². The van der Waals surface area contributed by atoms with E-state index in [0.29, 0.717) is 17.9 Å². The van der Waals surface area contributed by atoms with Gasteiger partial charge in [0.1, 0.15) is 0 Å². The Balaban J connectivity index is 1.98. The maximum Gasteiger partial charge on any atom is 0.197 e. The Hall–Kier alpha value is -2.36. The van der Waals surface area contributed by atoms with Crippen molar-refractivity contribution in [3.05, 3.63) is 59.5 Å². The van der Waals surface area contributed by atoms with E-state index in [2.05, 4.69) is 35.2 Å². The molecule has 0 radical (unpaired) electrons. The Kier molecular flexibility index (Phi) is 2.48. The number of rotatable bonds is 2. The van der Waals surface area contributed by atoms with Crippen molar-refractivity contribution in [2.75, 3.05) is 0 Å². The smallest absolute Gasteiger partial charge is 0.197 e. The molecule has 4 nitrogen and oxygen atoms in total. The standard InChI is InChI=1S/C14H13N3O/c1-10-4-2-5-11(8-10)9-13-15-14-12(18)6-3-7-17(14)16-13/h2-8,18H,9H2,1H3.